The molecule has 1 amide bonds. The molecule has 1 saturated heterocycles. The van der Waals surface area contributed by atoms with Crippen molar-refractivity contribution >= 4 is 23.2 Å². The maximum atomic E-state index is 12.5. The summed E-state index contributed by atoms with van der Waals surface area (Å²) in [6.45, 7) is 3.46. The summed E-state index contributed by atoms with van der Waals surface area (Å²) >= 11 is 6.06. The van der Waals surface area contributed by atoms with Gasteiger partial charge in [0.15, 0.2) is 0 Å². The van der Waals surface area contributed by atoms with E-state index in [2.05, 4.69) is 10.6 Å². The van der Waals surface area contributed by atoms with Crippen molar-refractivity contribution in [2.75, 3.05) is 25.5 Å². The third-order valence-corrected chi connectivity index (χ3v) is 4.14. The zero-order chi connectivity index (χ0) is 13.9. The first-order valence-electron chi connectivity index (χ1n) is 6.41. The van der Waals surface area contributed by atoms with Crippen LogP contribution in [0, 0.1) is 6.92 Å². The smallest absolute Gasteiger partial charge is 0.256 e. The molecule has 0 atom stereocenters. The number of anilines is 1. The Morgan fingerprint density at radius 2 is 2.11 bits per heavy atom. The summed E-state index contributed by atoms with van der Waals surface area (Å²) in [5.74, 6) is -0.0955. The second-order valence-electron chi connectivity index (χ2n) is 4.81. The van der Waals surface area contributed by atoms with Crippen molar-refractivity contribution in [2.24, 2.45) is 0 Å². The van der Waals surface area contributed by atoms with Crippen LogP contribution >= 0.6 is 11.6 Å². The predicted octanol–water partition coefficient (Wildman–Crippen LogP) is 2.36. The van der Waals surface area contributed by atoms with E-state index in [0.29, 0.717) is 17.9 Å². The Kier molecular flexibility index (Phi) is 4.45. The highest BCUT2D eigenvalue weighted by Gasteiger charge is 2.39. The van der Waals surface area contributed by atoms with Gasteiger partial charge in [0.05, 0.1) is 0 Å². The first-order valence-corrected chi connectivity index (χ1v) is 6.79. The first kappa shape index (κ1) is 14.3. The first-order chi connectivity index (χ1) is 9.09. The quantitative estimate of drug-likeness (QED) is 0.895. The third kappa shape index (κ3) is 2.91. The number of ether oxygens (including phenoxy) is 1. The van der Waals surface area contributed by atoms with Gasteiger partial charge in [-0.05, 0) is 50.6 Å². The number of piperidine rings is 1. The van der Waals surface area contributed by atoms with Crippen LogP contribution in [0.5, 0.6) is 0 Å². The van der Waals surface area contributed by atoms with E-state index in [4.69, 9.17) is 16.3 Å². The molecule has 104 valence electrons. The van der Waals surface area contributed by atoms with Crippen molar-refractivity contribution in [1.82, 2.24) is 5.32 Å². The Labute approximate surface area is 118 Å². The lowest BCUT2D eigenvalue weighted by Gasteiger charge is -2.34. The Morgan fingerprint density at radius 3 is 2.74 bits per heavy atom. The molecule has 1 aliphatic heterocycles. The topological polar surface area (TPSA) is 50.4 Å². The van der Waals surface area contributed by atoms with Crippen molar-refractivity contribution < 1.29 is 9.53 Å². The predicted molar refractivity (Wildman–Crippen MR) is 76.7 cm³/mol. The average molecular weight is 283 g/mol. The largest absolute Gasteiger partial charge is 0.368 e. The molecule has 0 aliphatic carbocycles. The van der Waals surface area contributed by atoms with Crippen LogP contribution in [0.25, 0.3) is 0 Å². The van der Waals surface area contributed by atoms with Gasteiger partial charge in [-0.2, -0.15) is 0 Å². The number of carbonyl (C=O) groups is 1. The number of amides is 1. The van der Waals surface area contributed by atoms with Gasteiger partial charge in [0, 0.05) is 17.8 Å². The number of methoxy groups -OCH3 is 1. The number of halogens is 1. The van der Waals surface area contributed by atoms with E-state index in [9.17, 15) is 4.79 Å². The molecule has 2 N–H and O–H groups in total. The Hall–Kier alpha value is -1.10. The minimum absolute atomic E-state index is 0.0955. The number of nitrogens with one attached hydrogen (secondary N) is 2. The van der Waals surface area contributed by atoms with Crippen LogP contribution in [-0.4, -0.2) is 31.7 Å². The highest BCUT2D eigenvalue weighted by atomic mass is 35.5. The SMILES string of the molecule is COC1(C(=O)Nc2cccc(Cl)c2C)CCNCC1. The highest BCUT2D eigenvalue weighted by molar-refractivity contribution is 6.31. The minimum Gasteiger partial charge on any atom is -0.368 e. The molecule has 4 nitrogen and oxygen atoms in total. The van der Waals surface area contributed by atoms with Crippen LogP contribution in [0.1, 0.15) is 18.4 Å². The van der Waals surface area contributed by atoms with Gasteiger partial charge in [0.25, 0.3) is 5.91 Å². The molecule has 0 saturated carbocycles. The second-order valence-corrected chi connectivity index (χ2v) is 5.22. The molecule has 1 aromatic carbocycles. The fourth-order valence-corrected chi connectivity index (χ4v) is 2.51. The number of benzene rings is 1. The second kappa shape index (κ2) is 5.90. The van der Waals surface area contributed by atoms with E-state index >= 15 is 0 Å². The van der Waals surface area contributed by atoms with Gasteiger partial charge >= 0.3 is 0 Å². The van der Waals surface area contributed by atoms with Gasteiger partial charge in [-0.15, -0.1) is 0 Å². The van der Waals surface area contributed by atoms with Crippen LogP contribution in [0.3, 0.4) is 0 Å². The van der Waals surface area contributed by atoms with E-state index in [0.717, 1.165) is 24.3 Å². The zero-order valence-electron chi connectivity index (χ0n) is 11.3. The lowest BCUT2D eigenvalue weighted by molar-refractivity contribution is -0.140. The molecule has 19 heavy (non-hydrogen) atoms. The number of carbonyl (C=O) groups excluding carboxylic acids is 1. The van der Waals surface area contributed by atoms with Crippen LogP contribution in [0.4, 0.5) is 5.69 Å². The summed E-state index contributed by atoms with van der Waals surface area (Å²) in [5.41, 5.74) is 0.880. The third-order valence-electron chi connectivity index (χ3n) is 3.73. The van der Waals surface area contributed by atoms with Gasteiger partial charge in [0.1, 0.15) is 5.60 Å². The van der Waals surface area contributed by atoms with E-state index in [1.807, 2.05) is 25.1 Å². The van der Waals surface area contributed by atoms with Crippen molar-refractivity contribution in [3.05, 3.63) is 28.8 Å². The number of hydrogen-bond acceptors (Lipinski definition) is 3. The molecule has 1 aromatic rings. The number of hydrogen-bond donors (Lipinski definition) is 2. The fraction of sp³-hybridized carbons (Fsp3) is 0.500. The van der Waals surface area contributed by atoms with Crippen molar-refractivity contribution in [3.8, 4) is 0 Å². The Balaban J connectivity index is 2.17. The Bertz CT molecular complexity index is 471. The molecule has 1 fully saturated rings. The molecule has 5 heteroatoms. The van der Waals surface area contributed by atoms with Crippen molar-refractivity contribution in [3.63, 3.8) is 0 Å². The van der Waals surface area contributed by atoms with Gasteiger partial charge in [-0.3, -0.25) is 4.79 Å². The lowest BCUT2D eigenvalue weighted by Crippen LogP contribution is -2.51. The normalized spacial score (nSPS) is 18.1. The van der Waals surface area contributed by atoms with Crippen LogP contribution in [0.15, 0.2) is 18.2 Å². The van der Waals surface area contributed by atoms with Gasteiger partial charge in [-0.25, -0.2) is 0 Å². The molecule has 0 spiro atoms. The highest BCUT2D eigenvalue weighted by Crippen LogP contribution is 2.27. The summed E-state index contributed by atoms with van der Waals surface area (Å²) in [6, 6.07) is 5.49. The zero-order valence-corrected chi connectivity index (χ0v) is 12.0. The minimum atomic E-state index is -0.736. The molecule has 0 bridgehead atoms. The molecule has 1 heterocycles. The van der Waals surface area contributed by atoms with Gasteiger partial charge in [-0.1, -0.05) is 17.7 Å². The van der Waals surface area contributed by atoms with E-state index in [1.165, 1.54) is 0 Å². The van der Waals surface area contributed by atoms with Crippen LogP contribution < -0.4 is 10.6 Å². The monoisotopic (exact) mass is 282 g/mol. The standard InChI is InChI=1S/C14H19ClN2O2/c1-10-11(15)4-3-5-12(10)17-13(18)14(19-2)6-8-16-9-7-14/h3-5,16H,6-9H2,1-2H3,(H,17,18). The Morgan fingerprint density at radius 1 is 1.42 bits per heavy atom. The fourth-order valence-electron chi connectivity index (χ4n) is 2.33. The summed E-state index contributed by atoms with van der Waals surface area (Å²) < 4.78 is 5.50. The van der Waals surface area contributed by atoms with Crippen LogP contribution in [0.2, 0.25) is 5.02 Å². The summed E-state index contributed by atoms with van der Waals surface area (Å²) in [5, 5.41) is 6.82. The molecule has 1 aliphatic rings. The molecule has 0 aromatic heterocycles. The lowest BCUT2D eigenvalue weighted by atomic mass is 9.91. The van der Waals surface area contributed by atoms with Crippen molar-refractivity contribution in [2.45, 2.75) is 25.4 Å². The maximum Gasteiger partial charge on any atom is 0.256 e. The number of rotatable bonds is 3. The van der Waals surface area contributed by atoms with Gasteiger partial charge in [0.2, 0.25) is 0 Å². The molecule has 0 radical (unpaired) electrons. The average Bonchev–Trinajstić information content (AvgIpc) is 2.44. The summed E-state index contributed by atoms with van der Waals surface area (Å²) in [7, 11) is 1.59. The molecule has 0 unspecified atom stereocenters. The molecule has 2 rings (SSSR count). The van der Waals surface area contributed by atoms with E-state index < -0.39 is 5.60 Å². The molecular formula is C14H19ClN2O2. The van der Waals surface area contributed by atoms with Crippen LogP contribution in [-0.2, 0) is 9.53 Å². The van der Waals surface area contributed by atoms with Gasteiger partial charge < -0.3 is 15.4 Å². The molecular weight excluding hydrogens is 264 g/mol. The van der Waals surface area contributed by atoms with E-state index in [1.54, 1.807) is 7.11 Å². The van der Waals surface area contributed by atoms with Crippen molar-refractivity contribution in [1.29, 1.82) is 0 Å². The maximum absolute atomic E-state index is 12.5. The van der Waals surface area contributed by atoms with E-state index in [-0.39, 0.29) is 5.91 Å². The summed E-state index contributed by atoms with van der Waals surface area (Å²) in [4.78, 5) is 12.5. The summed E-state index contributed by atoms with van der Waals surface area (Å²) in [6.07, 6.45) is 1.35.